The lowest BCUT2D eigenvalue weighted by atomic mass is 10.2. The van der Waals surface area contributed by atoms with Gasteiger partial charge in [-0.2, -0.15) is 0 Å². The van der Waals surface area contributed by atoms with E-state index in [1.54, 1.807) is 19.1 Å². The molecule has 0 aliphatic carbocycles. The van der Waals surface area contributed by atoms with Crippen LogP contribution in [0.4, 0.5) is 5.82 Å². The quantitative estimate of drug-likeness (QED) is 0.796. The van der Waals surface area contributed by atoms with Crippen LogP contribution in [0.25, 0.3) is 0 Å². The number of aromatic nitrogens is 1. The molecule has 2 rings (SSSR count). The molecule has 3 N–H and O–H groups in total. The third-order valence-corrected chi connectivity index (χ3v) is 2.61. The average molecular weight is 251 g/mol. The van der Waals surface area contributed by atoms with E-state index in [2.05, 4.69) is 10.3 Å². The number of nitrogen functional groups attached to an aromatic ring is 1. The second-order valence-corrected chi connectivity index (χ2v) is 4.20. The number of hydrogen-bond acceptors (Lipinski definition) is 5. The largest absolute Gasteiger partial charge is 0.384 e. The molecule has 1 unspecified atom stereocenters. The predicted octanol–water partition coefficient (Wildman–Crippen LogP) is 0.117. The van der Waals surface area contributed by atoms with Gasteiger partial charge in [-0.15, -0.1) is 0 Å². The summed E-state index contributed by atoms with van der Waals surface area (Å²) in [5.74, 6) is 0.166. The Morgan fingerprint density at radius 1 is 1.56 bits per heavy atom. The van der Waals surface area contributed by atoms with Crippen LogP contribution < -0.4 is 11.1 Å². The minimum atomic E-state index is -0.179. The number of carbonyl (C=O) groups is 1. The molecule has 1 aliphatic heterocycles. The molecule has 1 fully saturated rings. The van der Waals surface area contributed by atoms with Gasteiger partial charge in [-0.25, -0.2) is 4.98 Å². The van der Waals surface area contributed by atoms with Gasteiger partial charge in [0.1, 0.15) is 5.82 Å². The first-order valence-corrected chi connectivity index (χ1v) is 5.87. The molecule has 0 bridgehead atoms. The number of hydrogen-bond donors (Lipinski definition) is 2. The van der Waals surface area contributed by atoms with Crippen molar-refractivity contribution < 1.29 is 14.3 Å². The molecule has 1 amide bonds. The number of carbonyl (C=O) groups excluding carboxylic acids is 1. The van der Waals surface area contributed by atoms with Gasteiger partial charge in [-0.1, -0.05) is 0 Å². The number of amides is 1. The standard InChI is InChI=1S/C12H17N3O3/c1-8-4-9(5-11(13)15-8)12(16)14-6-10-7-17-2-3-18-10/h4-5,10H,2-3,6-7H2,1H3,(H2,13,15)(H,14,16). The fourth-order valence-corrected chi connectivity index (χ4v) is 1.79. The van der Waals surface area contributed by atoms with Crippen molar-refractivity contribution in [3.05, 3.63) is 23.4 Å². The van der Waals surface area contributed by atoms with Crippen molar-refractivity contribution in [2.75, 3.05) is 32.1 Å². The summed E-state index contributed by atoms with van der Waals surface area (Å²) in [5.41, 5.74) is 6.83. The Hall–Kier alpha value is -1.66. The number of pyridine rings is 1. The van der Waals surface area contributed by atoms with E-state index in [1.165, 1.54) is 0 Å². The molecule has 98 valence electrons. The fraction of sp³-hybridized carbons (Fsp3) is 0.500. The summed E-state index contributed by atoms with van der Waals surface area (Å²) in [6.45, 7) is 3.93. The minimum absolute atomic E-state index is 0.0806. The monoisotopic (exact) mass is 251 g/mol. The topological polar surface area (TPSA) is 86.5 Å². The first-order chi connectivity index (χ1) is 8.65. The second kappa shape index (κ2) is 5.79. The molecular weight excluding hydrogens is 234 g/mol. The van der Waals surface area contributed by atoms with Crippen LogP contribution in [0.15, 0.2) is 12.1 Å². The SMILES string of the molecule is Cc1cc(C(=O)NCC2COCCO2)cc(N)n1. The molecule has 6 heteroatoms. The van der Waals surface area contributed by atoms with Gasteiger partial charge in [0.05, 0.1) is 25.9 Å². The molecule has 6 nitrogen and oxygen atoms in total. The molecular formula is C12H17N3O3. The van der Waals surface area contributed by atoms with Crippen LogP contribution in [0.1, 0.15) is 16.1 Å². The summed E-state index contributed by atoms with van der Waals surface area (Å²) < 4.78 is 10.7. The predicted molar refractivity (Wildman–Crippen MR) is 66.3 cm³/mol. The van der Waals surface area contributed by atoms with Gasteiger partial charge in [0.25, 0.3) is 5.91 Å². The lowest BCUT2D eigenvalue weighted by molar-refractivity contribution is -0.0855. The Kier molecular flexibility index (Phi) is 4.11. The van der Waals surface area contributed by atoms with Crippen LogP contribution in [-0.4, -0.2) is 43.4 Å². The molecule has 1 aromatic rings. The average Bonchev–Trinajstić information content (AvgIpc) is 2.36. The van der Waals surface area contributed by atoms with E-state index < -0.39 is 0 Å². The number of ether oxygens (including phenoxy) is 2. The van der Waals surface area contributed by atoms with Crippen molar-refractivity contribution in [2.45, 2.75) is 13.0 Å². The van der Waals surface area contributed by atoms with Crippen LogP contribution in [0.2, 0.25) is 0 Å². The number of nitrogens with zero attached hydrogens (tertiary/aromatic N) is 1. The van der Waals surface area contributed by atoms with Crippen molar-refractivity contribution in [3.8, 4) is 0 Å². The van der Waals surface area contributed by atoms with Crippen molar-refractivity contribution in [3.63, 3.8) is 0 Å². The first kappa shape index (κ1) is 12.8. The van der Waals surface area contributed by atoms with E-state index in [4.69, 9.17) is 15.2 Å². The Labute approximate surface area is 105 Å². The zero-order valence-corrected chi connectivity index (χ0v) is 10.3. The smallest absolute Gasteiger partial charge is 0.251 e. The zero-order valence-electron chi connectivity index (χ0n) is 10.3. The van der Waals surface area contributed by atoms with Crippen LogP contribution >= 0.6 is 0 Å². The zero-order chi connectivity index (χ0) is 13.0. The maximum atomic E-state index is 11.9. The Morgan fingerprint density at radius 2 is 2.39 bits per heavy atom. The van der Waals surface area contributed by atoms with E-state index >= 15 is 0 Å². The first-order valence-electron chi connectivity index (χ1n) is 5.87. The molecule has 1 saturated heterocycles. The normalized spacial score (nSPS) is 19.5. The van der Waals surface area contributed by atoms with Gasteiger partial charge in [-0.3, -0.25) is 4.79 Å². The molecule has 2 heterocycles. The van der Waals surface area contributed by atoms with Crippen molar-refractivity contribution in [1.29, 1.82) is 0 Å². The highest BCUT2D eigenvalue weighted by atomic mass is 16.6. The summed E-state index contributed by atoms with van der Waals surface area (Å²) in [6.07, 6.45) is -0.0806. The second-order valence-electron chi connectivity index (χ2n) is 4.20. The number of nitrogens with two attached hydrogens (primary N) is 1. The highest BCUT2D eigenvalue weighted by molar-refractivity contribution is 5.94. The van der Waals surface area contributed by atoms with Crippen LogP contribution in [0.5, 0.6) is 0 Å². The number of nitrogens with one attached hydrogen (secondary N) is 1. The van der Waals surface area contributed by atoms with Crippen LogP contribution in [-0.2, 0) is 9.47 Å². The summed E-state index contributed by atoms with van der Waals surface area (Å²) in [7, 11) is 0. The maximum Gasteiger partial charge on any atom is 0.251 e. The molecule has 0 aromatic carbocycles. The lowest BCUT2D eigenvalue weighted by Gasteiger charge is -2.23. The highest BCUT2D eigenvalue weighted by Gasteiger charge is 2.16. The lowest BCUT2D eigenvalue weighted by Crippen LogP contribution is -2.39. The third kappa shape index (κ3) is 3.41. The molecule has 18 heavy (non-hydrogen) atoms. The van der Waals surface area contributed by atoms with E-state index in [1.807, 2.05) is 0 Å². The van der Waals surface area contributed by atoms with Crippen molar-refractivity contribution in [2.24, 2.45) is 0 Å². The summed E-state index contributed by atoms with van der Waals surface area (Å²) in [5, 5.41) is 2.80. The van der Waals surface area contributed by atoms with Gasteiger partial charge >= 0.3 is 0 Å². The van der Waals surface area contributed by atoms with E-state index in [9.17, 15) is 4.79 Å². The Morgan fingerprint density at radius 3 is 3.06 bits per heavy atom. The van der Waals surface area contributed by atoms with Crippen molar-refractivity contribution >= 4 is 11.7 Å². The van der Waals surface area contributed by atoms with Gasteiger partial charge in [0.15, 0.2) is 0 Å². The molecule has 1 aromatic heterocycles. The van der Waals surface area contributed by atoms with Crippen molar-refractivity contribution in [1.82, 2.24) is 10.3 Å². The van der Waals surface area contributed by atoms with Crippen LogP contribution in [0.3, 0.4) is 0 Å². The maximum absolute atomic E-state index is 11.9. The molecule has 0 saturated carbocycles. The highest BCUT2D eigenvalue weighted by Crippen LogP contribution is 2.07. The Balaban J connectivity index is 1.90. The summed E-state index contributed by atoms with van der Waals surface area (Å²) in [4.78, 5) is 15.9. The minimum Gasteiger partial charge on any atom is -0.384 e. The van der Waals surface area contributed by atoms with Crippen LogP contribution in [0, 0.1) is 6.92 Å². The number of aryl methyl sites for hydroxylation is 1. The third-order valence-electron chi connectivity index (χ3n) is 2.61. The van der Waals surface area contributed by atoms with E-state index in [0.29, 0.717) is 37.7 Å². The molecule has 0 spiro atoms. The summed E-state index contributed by atoms with van der Waals surface area (Å²) >= 11 is 0. The van der Waals surface area contributed by atoms with E-state index in [0.717, 1.165) is 5.69 Å². The molecule has 1 aliphatic rings. The van der Waals surface area contributed by atoms with Gasteiger partial charge in [0.2, 0.25) is 0 Å². The Bertz CT molecular complexity index is 410. The van der Waals surface area contributed by atoms with Gasteiger partial charge in [0, 0.05) is 17.8 Å². The fourth-order valence-electron chi connectivity index (χ4n) is 1.79. The molecule has 1 atom stereocenters. The molecule has 0 radical (unpaired) electrons. The summed E-state index contributed by atoms with van der Waals surface area (Å²) in [6, 6.07) is 3.25. The van der Waals surface area contributed by atoms with Gasteiger partial charge in [-0.05, 0) is 19.1 Å². The van der Waals surface area contributed by atoms with Gasteiger partial charge < -0.3 is 20.5 Å². The number of rotatable bonds is 3. The number of anilines is 1. The van der Waals surface area contributed by atoms with E-state index in [-0.39, 0.29) is 12.0 Å².